The topological polar surface area (TPSA) is 78.9 Å². The molecule has 1 aliphatic heterocycles. The molecular formula is C14H24N2O4. The SMILES string of the molecule is COCCC(C)NC(=O)N1CC2CCCC2C1C(=O)O. The van der Waals surface area contributed by atoms with Crippen LogP contribution in [0.2, 0.25) is 0 Å². The Balaban J connectivity index is 1.96. The smallest absolute Gasteiger partial charge is 0.326 e. The fourth-order valence-electron chi connectivity index (χ4n) is 3.49. The molecule has 4 unspecified atom stereocenters. The minimum absolute atomic E-state index is 0.0164. The van der Waals surface area contributed by atoms with Crippen LogP contribution >= 0.6 is 0 Å². The Morgan fingerprint density at radius 1 is 1.45 bits per heavy atom. The van der Waals surface area contributed by atoms with Crippen molar-refractivity contribution in [3.8, 4) is 0 Å². The van der Waals surface area contributed by atoms with Crippen LogP contribution in [-0.2, 0) is 9.53 Å². The number of likely N-dealkylation sites (tertiary alicyclic amines) is 1. The van der Waals surface area contributed by atoms with Crippen LogP contribution < -0.4 is 5.32 Å². The number of rotatable bonds is 5. The lowest BCUT2D eigenvalue weighted by Gasteiger charge is -2.26. The number of carbonyl (C=O) groups excluding carboxylic acids is 1. The number of aliphatic carboxylic acids is 1. The summed E-state index contributed by atoms with van der Waals surface area (Å²) in [5, 5.41) is 12.3. The van der Waals surface area contributed by atoms with Gasteiger partial charge in [0.2, 0.25) is 0 Å². The van der Waals surface area contributed by atoms with Gasteiger partial charge in [0.1, 0.15) is 6.04 Å². The second kappa shape index (κ2) is 6.43. The van der Waals surface area contributed by atoms with Crippen LogP contribution in [0.3, 0.4) is 0 Å². The first kappa shape index (κ1) is 15.1. The third kappa shape index (κ3) is 3.06. The van der Waals surface area contributed by atoms with Gasteiger partial charge in [-0.3, -0.25) is 0 Å². The van der Waals surface area contributed by atoms with E-state index in [9.17, 15) is 14.7 Å². The number of hydrogen-bond acceptors (Lipinski definition) is 3. The van der Waals surface area contributed by atoms with Gasteiger partial charge >= 0.3 is 12.0 Å². The summed E-state index contributed by atoms with van der Waals surface area (Å²) in [4.78, 5) is 25.3. The molecule has 6 nitrogen and oxygen atoms in total. The van der Waals surface area contributed by atoms with E-state index in [-0.39, 0.29) is 18.0 Å². The lowest BCUT2D eigenvalue weighted by atomic mass is 9.94. The highest BCUT2D eigenvalue weighted by atomic mass is 16.5. The van der Waals surface area contributed by atoms with Crippen LogP contribution in [0.1, 0.15) is 32.6 Å². The number of carbonyl (C=O) groups is 2. The lowest BCUT2D eigenvalue weighted by molar-refractivity contribution is -0.142. The molecule has 2 aliphatic rings. The van der Waals surface area contributed by atoms with Gasteiger partial charge < -0.3 is 20.1 Å². The third-order valence-corrected chi connectivity index (χ3v) is 4.53. The first-order valence-corrected chi connectivity index (χ1v) is 7.33. The summed E-state index contributed by atoms with van der Waals surface area (Å²) in [6.45, 7) is 3.06. The van der Waals surface area contributed by atoms with E-state index in [2.05, 4.69) is 5.32 Å². The van der Waals surface area contributed by atoms with Gasteiger partial charge in [0.15, 0.2) is 0 Å². The maximum Gasteiger partial charge on any atom is 0.326 e. The van der Waals surface area contributed by atoms with Gasteiger partial charge in [-0.05, 0) is 38.0 Å². The number of hydrogen-bond donors (Lipinski definition) is 2. The van der Waals surface area contributed by atoms with E-state index in [4.69, 9.17) is 4.74 Å². The van der Waals surface area contributed by atoms with Crippen molar-refractivity contribution in [2.75, 3.05) is 20.3 Å². The zero-order chi connectivity index (χ0) is 14.7. The Kier molecular flexibility index (Phi) is 4.86. The molecule has 20 heavy (non-hydrogen) atoms. The highest BCUT2D eigenvalue weighted by Crippen LogP contribution is 2.42. The third-order valence-electron chi connectivity index (χ3n) is 4.53. The minimum atomic E-state index is -0.876. The van der Waals surface area contributed by atoms with E-state index in [1.807, 2.05) is 6.92 Å². The fourth-order valence-corrected chi connectivity index (χ4v) is 3.49. The molecule has 0 aromatic carbocycles. The Bertz CT molecular complexity index is 374. The molecule has 2 rings (SSSR count). The van der Waals surface area contributed by atoms with Crippen molar-refractivity contribution in [3.63, 3.8) is 0 Å². The molecule has 1 aliphatic carbocycles. The molecule has 4 atom stereocenters. The van der Waals surface area contributed by atoms with Crippen LogP contribution in [0, 0.1) is 11.8 Å². The molecule has 2 N–H and O–H groups in total. The van der Waals surface area contributed by atoms with Gasteiger partial charge in [-0.1, -0.05) is 6.42 Å². The average Bonchev–Trinajstić information content (AvgIpc) is 2.95. The van der Waals surface area contributed by atoms with Crippen molar-refractivity contribution in [1.82, 2.24) is 10.2 Å². The standard InChI is InChI=1S/C14H24N2O4/c1-9(6-7-20-2)15-14(19)16-8-10-4-3-5-11(10)12(16)13(17)18/h9-12H,3-8H2,1-2H3,(H,15,19)(H,17,18). The summed E-state index contributed by atoms with van der Waals surface area (Å²) < 4.78 is 4.98. The molecular weight excluding hydrogens is 260 g/mol. The lowest BCUT2D eigenvalue weighted by Crippen LogP contribution is -2.50. The summed E-state index contributed by atoms with van der Waals surface area (Å²) in [7, 11) is 1.62. The number of nitrogens with one attached hydrogen (secondary N) is 1. The Morgan fingerprint density at radius 2 is 2.20 bits per heavy atom. The molecule has 2 fully saturated rings. The van der Waals surface area contributed by atoms with E-state index in [0.29, 0.717) is 19.1 Å². The van der Waals surface area contributed by atoms with Crippen LogP contribution in [0.25, 0.3) is 0 Å². The van der Waals surface area contributed by atoms with Crippen LogP contribution in [0.15, 0.2) is 0 Å². The molecule has 0 aromatic rings. The molecule has 1 saturated heterocycles. The van der Waals surface area contributed by atoms with Crippen molar-refractivity contribution in [3.05, 3.63) is 0 Å². The Morgan fingerprint density at radius 3 is 2.85 bits per heavy atom. The Labute approximate surface area is 119 Å². The normalized spacial score (nSPS) is 30.1. The first-order valence-electron chi connectivity index (χ1n) is 7.33. The second-order valence-corrected chi connectivity index (χ2v) is 5.92. The summed E-state index contributed by atoms with van der Waals surface area (Å²) in [5.41, 5.74) is 0. The summed E-state index contributed by atoms with van der Waals surface area (Å²) >= 11 is 0. The van der Waals surface area contributed by atoms with Crippen molar-refractivity contribution in [1.29, 1.82) is 0 Å². The zero-order valence-electron chi connectivity index (χ0n) is 12.2. The van der Waals surface area contributed by atoms with E-state index in [0.717, 1.165) is 25.7 Å². The number of amides is 2. The fraction of sp³-hybridized carbons (Fsp3) is 0.857. The summed E-state index contributed by atoms with van der Waals surface area (Å²) in [6, 6.07) is -0.926. The van der Waals surface area contributed by atoms with Gasteiger partial charge in [0.05, 0.1) is 0 Å². The molecule has 6 heteroatoms. The van der Waals surface area contributed by atoms with Crippen molar-refractivity contribution in [2.45, 2.75) is 44.7 Å². The number of carboxylic acid groups (broad SMARTS) is 1. The van der Waals surface area contributed by atoms with Crippen molar-refractivity contribution in [2.24, 2.45) is 11.8 Å². The molecule has 0 bridgehead atoms. The predicted octanol–water partition coefficient (Wildman–Crippen LogP) is 1.31. The molecule has 0 spiro atoms. The molecule has 1 heterocycles. The quantitative estimate of drug-likeness (QED) is 0.797. The highest BCUT2D eigenvalue weighted by molar-refractivity contribution is 5.84. The maximum absolute atomic E-state index is 12.3. The molecule has 1 saturated carbocycles. The van der Waals surface area contributed by atoms with E-state index in [1.54, 1.807) is 7.11 Å². The van der Waals surface area contributed by atoms with Gasteiger partial charge in [0, 0.05) is 26.3 Å². The Hall–Kier alpha value is -1.30. The molecule has 0 radical (unpaired) electrons. The van der Waals surface area contributed by atoms with E-state index < -0.39 is 12.0 Å². The van der Waals surface area contributed by atoms with E-state index in [1.165, 1.54) is 4.90 Å². The molecule has 0 aromatic heterocycles. The van der Waals surface area contributed by atoms with E-state index >= 15 is 0 Å². The van der Waals surface area contributed by atoms with Crippen molar-refractivity contribution < 1.29 is 19.4 Å². The van der Waals surface area contributed by atoms with Gasteiger partial charge in [-0.25, -0.2) is 9.59 Å². The van der Waals surface area contributed by atoms with Crippen LogP contribution in [0.5, 0.6) is 0 Å². The summed E-state index contributed by atoms with van der Waals surface area (Å²) in [5.74, 6) is -0.386. The number of fused-ring (bicyclic) bond motifs is 1. The number of ether oxygens (including phenoxy) is 1. The largest absolute Gasteiger partial charge is 0.480 e. The highest BCUT2D eigenvalue weighted by Gasteiger charge is 2.49. The van der Waals surface area contributed by atoms with Crippen molar-refractivity contribution >= 4 is 12.0 Å². The van der Waals surface area contributed by atoms with Crippen LogP contribution in [0.4, 0.5) is 4.79 Å². The average molecular weight is 284 g/mol. The predicted molar refractivity (Wildman–Crippen MR) is 73.4 cm³/mol. The molecule has 114 valence electrons. The second-order valence-electron chi connectivity index (χ2n) is 5.92. The minimum Gasteiger partial charge on any atom is -0.480 e. The zero-order valence-corrected chi connectivity index (χ0v) is 12.2. The monoisotopic (exact) mass is 284 g/mol. The van der Waals surface area contributed by atoms with Gasteiger partial charge in [0.25, 0.3) is 0 Å². The number of methoxy groups -OCH3 is 1. The van der Waals surface area contributed by atoms with Gasteiger partial charge in [-0.2, -0.15) is 0 Å². The number of urea groups is 1. The summed E-state index contributed by atoms with van der Waals surface area (Å²) in [6.07, 6.45) is 3.77. The number of nitrogens with zero attached hydrogens (tertiary/aromatic N) is 1. The van der Waals surface area contributed by atoms with Crippen LogP contribution in [-0.4, -0.2) is 54.4 Å². The van der Waals surface area contributed by atoms with Gasteiger partial charge in [-0.15, -0.1) is 0 Å². The maximum atomic E-state index is 12.3. The first-order chi connectivity index (χ1) is 9.54. The molecule has 2 amide bonds. The number of carboxylic acids is 1.